The van der Waals surface area contributed by atoms with Gasteiger partial charge in [-0.25, -0.2) is 14.8 Å². The SMILES string of the molecule is CC(c1ccncn1)N(C)C(=O)c1cccc(-c2cc3ccccc3oc2=O)c1. The molecule has 144 valence electrons. The van der Waals surface area contributed by atoms with Gasteiger partial charge in [-0.15, -0.1) is 0 Å². The number of carbonyl (C=O) groups is 1. The molecule has 2 aromatic heterocycles. The summed E-state index contributed by atoms with van der Waals surface area (Å²) in [4.78, 5) is 35.2. The van der Waals surface area contributed by atoms with Crippen LogP contribution in [0.25, 0.3) is 22.1 Å². The molecule has 1 unspecified atom stereocenters. The highest BCUT2D eigenvalue weighted by Crippen LogP contribution is 2.24. The maximum Gasteiger partial charge on any atom is 0.344 e. The predicted octanol–water partition coefficient (Wildman–Crippen LogP) is 4.08. The zero-order chi connectivity index (χ0) is 20.4. The van der Waals surface area contributed by atoms with E-state index in [1.807, 2.05) is 25.1 Å². The number of carbonyl (C=O) groups excluding carboxylic acids is 1. The Labute approximate surface area is 167 Å². The maximum atomic E-state index is 13.0. The maximum absolute atomic E-state index is 13.0. The first-order valence-electron chi connectivity index (χ1n) is 9.21. The molecule has 4 rings (SSSR count). The van der Waals surface area contributed by atoms with Crippen LogP contribution >= 0.6 is 0 Å². The number of nitrogens with zero attached hydrogens (tertiary/aromatic N) is 3. The Morgan fingerprint density at radius 3 is 2.69 bits per heavy atom. The molecule has 0 bridgehead atoms. The van der Waals surface area contributed by atoms with Crippen molar-refractivity contribution >= 4 is 16.9 Å². The minimum absolute atomic E-state index is 0.164. The third-order valence-electron chi connectivity index (χ3n) is 5.00. The Morgan fingerprint density at radius 1 is 1.07 bits per heavy atom. The van der Waals surface area contributed by atoms with Crippen molar-refractivity contribution in [2.24, 2.45) is 0 Å². The molecule has 2 aromatic carbocycles. The molecule has 0 radical (unpaired) electrons. The molecule has 0 aliphatic carbocycles. The van der Waals surface area contributed by atoms with Crippen LogP contribution in [0, 0.1) is 0 Å². The molecule has 4 aromatic rings. The second kappa shape index (κ2) is 7.67. The van der Waals surface area contributed by atoms with Crippen LogP contribution in [0.1, 0.15) is 29.0 Å². The lowest BCUT2D eigenvalue weighted by Crippen LogP contribution is -2.30. The first kappa shape index (κ1) is 18.6. The summed E-state index contributed by atoms with van der Waals surface area (Å²) in [6, 6.07) is 17.7. The normalized spacial score (nSPS) is 11.9. The number of aromatic nitrogens is 2. The monoisotopic (exact) mass is 385 g/mol. The van der Waals surface area contributed by atoms with E-state index in [-0.39, 0.29) is 11.9 Å². The van der Waals surface area contributed by atoms with E-state index < -0.39 is 5.63 Å². The van der Waals surface area contributed by atoms with E-state index >= 15 is 0 Å². The third kappa shape index (κ3) is 3.65. The molecule has 29 heavy (non-hydrogen) atoms. The summed E-state index contributed by atoms with van der Waals surface area (Å²) in [5.41, 5.74) is 2.40. The van der Waals surface area contributed by atoms with Crippen LogP contribution in [-0.2, 0) is 0 Å². The van der Waals surface area contributed by atoms with Crippen LogP contribution in [0.2, 0.25) is 0 Å². The van der Waals surface area contributed by atoms with Crippen molar-refractivity contribution in [3.05, 3.63) is 94.9 Å². The van der Waals surface area contributed by atoms with E-state index in [4.69, 9.17) is 4.42 Å². The van der Waals surface area contributed by atoms with Gasteiger partial charge in [-0.3, -0.25) is 4.79 Å². The molecular weight excluding hydrogens is 366 g/mol. The lowest BCUT2D eigenvalue weighted by Gasteiger charge is -2.24. The number of rotatable bonds is 4. The molecule has 1 amide bonds. The highest BCUT2D eigenvalue weighted by molar-refractivity contribution is 5.95. The van der Waals surface area contributed by atoms with Gasteiger partial charge in [-0.05, 0) is 42.8 Å². The van der Waals surface area contributed by atoms with Crippen LogP contribution in [0.15, 0.2) is 82.4 Å². The minimum Gasteiger partial charge on any atom is -0.422 e. The second-order valence-electron chi connectivity index (χ2n) is 6.79. The molecule has 1 atom stereocenters. The van der Waals surface area contributed by atoms with Crippen molar-refractivity contribution in [3.63, 3.8) is 0 Å². The molecule has 0 aliphatic rings. The summed E-state index contributed by atoms with van der Waals surface area (Å²) in [6.45, 7) is 1.90. The van der Waals surface area contributed by atoms with E-state index in [0.29, 0.717) is 22.3 Å². The molecule has 0 aliphatic heterocycles. The Balaban J connectivity index is 1.68. The highest BCUT2D eigenvalue weighted by atomic mass is 16.4. The summed E-state index contributed by atoms with van der Waals surface area (Å²) >= 11 is 0. The zero-order valence-corrected chi connectivity index (χ0v) is 16.1. The second-order valence-corrected chi connectivity index (χ2v) is 6.79. The fourth-order valence-electron chi connectivity index (χ4n) is 3.21. The van der Waals surface area contributed by atoms with Gasteiger partial charge in [0.15, 0.2) is 0 Å². The average molecular weight is 385 g/mol. The summed E-state index contributed by atoms with van der Waals surface area (Å²) in [5, 5.41) is 0.827. The number of hydrogen-bond donors (Lipinski definition) is 0. The van der Waals surface area contributed by atoms with Gasteiger partial charge < -0.3 is 9.32 Å². The van der Waals surface area contributed by atoms with Gasteiger partial charge in [0.25, 0.3) is 5.91 Å². The number of para-hydroxylation sites is 1. The Morgan fingerprint density at radius 2 is 1.90 bits per heavy atom. The van der Waals surface area contributed by atoms with E-state index in [0.717, 1.165) is 11.1 Å². The fraction of sp³-hybridized carbons (Fsp3) is 0.130. The fourth-order valence-corrected chi connectivity index (χ4v) is 3.21. The molecular formula is C23H19N3O3. The molecule has 0 saturated heterocycles. The molecule has 0 spiro atoms. The smallest absolute Gasteiger partial charge is 0.344 e. The topological polar surface area (TPSA) is 76.3 Å². The number of hydrogen-bond acceptors (Lipinski definition) is 5. The van der Waals surface area contributed by atoms with Crippen molar-refractivity contribution in [2.75, 3.05) is 7.05 Å². The molecule has 0 saturated carbocycles. The zero-order valence-electron chi connectivity index (χ0n) is 16.1. The molecule has 2 heterocycles. The third-order valence-corrected chi connectivity index (χ3v) is 5.00. The van der Waals surface area contributed by atoms with Crippen LogP contribution in [0.3, 0.4) is 0 Å². The Hall–Kier alpha value is -3.80. The number of fused-ring (bicyclic) bond motifs is 1. The lowest BCUT2D eigenvalue weighted by molar-refractivity contribution is 0.0739. The first-order chi connectivity index (χ1) is 14.0. The van der Waals surface area contributed by atoms with E-state index in [1.54, 1.807) is 60.6 Å². The van der Waals surface area contributed by atoms with Crippen LogP contribution in [-0.4, -0.2) is 27.8 Å². The van der Waals surface area contributed by atoms with Gasteiger partial charge in [0.05, 0.1) is 17.3 Å². The van der Waals surface area contributed by atoms with Crippen LogP contribution < -0.4 is 5.63 Å². The van der Waals surface area contributed by atoms with Crippen LogP contribution in [0.4, 0.5) is 0 Å². The quantitative estimate of drug-likeness (QED) is 0.495. The summed E-state index contributed by atoms with van der Waals surface area (Å²) in [5.74, 6) is -0.164. The number of amides is 1. The Bertz CT molecular complexity index is 1230. The average Bonchev–Trinajstić information content (AvgIpc) is 2.77. The van der Waals surface area contributed by atoms with E-state index in [9.17, 15) is 9.59 Å². The van der Waals surface area contributed by atoms with E-state index in [2.05, 4.69) is 9.97 Å². The van der Waals surface area contributed by atoms with Crippen molar-refractivity contribution in [2.45, 2.75) is 13.0 Å². The van der Waals surface area contributed by atoms with Crippen LogP contribution in [0.5, 0.6) is 0 Å². The van der Waals surface area contributed by atoms with Crippen molar-refractivity contribution < 1.29 is 9.21 Å². The van der Waals surface area contributed by atoms with Gasteiger partial charge >= 0.3 is 5.63 Å². The molecule has 0 fully saturated rings. The predicted molar refractivity (Wildman–Crippen MR) is 110 cm³/mol. The molecule has 0 N–H and O–H groups in total. The van der Waals surface area contributed by atoms with Gasteiger partial charge in [0.2, 0.25) is 0 Å². The Kier molecular flexibility index (Phi) is 4.91. The van der Waals surface area contributed by atoms with Gasteiger partial charge in [-0.1, -0.05) is 30.3 Å². The largest absolute Gasteiger partial charge is 0.422 e. The van der Waals surface area contributed by atoms with Crippen molar-refractivity contribution in [1.29, 1.82) is 0 Å². The number of benzene rings is 2. The van der Waals surface area contributed by atoms with Gasteiger partial charge in [0.1, 0.15) is 11.9 Å². The summed E-state index contributed by atoms with van der Waals surface area (Å²) in [7, 11) is 1.73. The molecule has 6 heteroatoms. The van der Waals surface area contributed by atoms with Gasteiger partial charge in [-0.2, -0.15) is 0 Å². The van der Waals surface area contributed by atoms with E-state index in [1.165, 1.54) is 6.33 Å². The minimum atomic E-state index is -0.434. The van der Waals surface area contributed by atoms with Gasteiger partial charge in [0, 0.05) is 24.2 Å². The first-order valence-corrected chi connectivity index (χ1v) is 9.21. The lowest BCUT2D eigenvalue weighted by atomic mass is 10.0. The summed E-state index contributed by atoms with van der Waals surface area (Å²) in [6.07, 6.45) is 3.11. The highest BCUT2D eigenvalue weighted by Gasteiger charge is 2.20. The van der Waals surface area contributed by atoms with Crippen molar-refractivity contribution in [1.82, 2.24) is 14.9 Å². The standard InChI is InChI=1S/C23H19N3O3/c1-15(20-10-11-24-14-25-20)26(2)22(27)18-8-5-7-16(12-18)19-13-17-6-3-4-9-21(17)29-23(19)28/h3-15H,1-2H3. The molecule has 6 nitrogen and oxygen atoms in total. The summed E-state index contributed by atoms with van der Waals surface area (Å²) < 4.78 is 5.43. The van der Waals surface area contributed by atoms with Crippen molar-refractivity contribution in [3.8, 4) is 11.1 Å².